The third-order valence-corrected chi connectivity index (χ3v) is 6.81. The molecular weight excluding hydrogens is 487 g/mol. The van der Waals surface area contributed by atoms with Gasteiger partial charge >= 0.3 is 6.18 Å². The van der Waals surface area contributed by atoms with Gasteiger partial charge in [-0.15, -0.1) is 0 Å². The van der Waals surface area contributed by atoms with Crippen LogP contribution in [0.3, 0.4) is 0 Å². The highest BCUT2D eigenvalue weighted by atomic mass is 19.4. The van der Waals surface area contributed by atoms with Crippen molar-refractivity contribution in [1.29, 1.82) is 0 Å². The van der Waals surface area contributed by atoms with Gasteiger partial charge in [-0.1, -0.05) is 77.0 Å². The molecule has 0 aliphatic heterocycles. The van der Waals surface area contributed by atoms with E-state index in [1.54, 1.807) is 0 Å². The standard InChI is InChI=1S/C27H36F3N3O4/c28-27(29,30)19-15-21(24(35)22(16-19)31-18-34)26-33-23(17-37-26)25(36)32-20-13-11-9-7-5-3-1-2-4-6-8-10-12-14-20/h15-18,20,35H,1-14H2,(H,31,34)(H,32,36). The van der Waals surface area contributed by atoms with Crippen LogP contribution in [0.25, 0.3) is 11.5 Å². The number of rotatable bonds is 5. The van der Waals surface area contributed by atoms with E-state index in [9.17, 15) is 27.9 Å². The fraction of sp³-hybridized carbons (Fsp3) is 0.593. The number of aromatic nitrogens is 1. The Hall–Kier alpha value is -3.04. The van der Waals surface area contributed by atoms with Crippen LogP contribution in [-0.2, 0) is 11.0 Å². The molecular formula is C27H36F3N3O4. The number of carbonyl (C=O) groups is 2. The highest BCUT2D eigenvalue weighted by Gasteiger charge is 2.33. The maximum atomic E-state index is 13.3. The van der Waals surface area contributed by atoms with E-state index in [1.807, 2.05) is 5.32 Å². The van der Waals surface area contributed by atoms with Crippen molar-refractivity contribution >= 4 is 18.0 Å². The molecule has 1 aromatic heterocycles. The van der Waals surface area contributed by atoms with Gasteiger partial charge in [0.25, 0.3) is 5.91 Å². The summed E-state index contributed by atoms with van der Waals surface area (Å²) in [5.74, 6) is -1.48. The molecule has 0 radical (unpaired) electrons. The Morgan fingerprint density at radius 1 is 0.946 bits per heavy atom. The molecule has 1 heterocycles. The highest BCUT2D eigenvalue weighted by Crippen LogP contribution is 2.41. The number of hydrogen-bond acceptors (Lipinski definition) is 5. The number of aromatic hydroxyl groups is 1. The SMILES string of the molecule is O=CNc1cc(C(F)(F)F)cc(-c2nc(C(=O)NC3CCCCCCCCCCCCCC3)co2)c1O. The number of hydrogen-bond donors (Lipinski definition) is 3. The van der Waals surface area contributed by atoms with Gasteiger partial charge in [-0.2, -0.15) is 13.2 Å². The fourth-order valence-electron chi connectivity index (χ4n) is 4.73. The summed E-state index contributed by atoms with van der Waals surface area (Å²) < 4.78 is 45.3. The molecule has 0 spiro atoms. The van der Waals surface area contributed by atoms with Crippen molar-refractivity contribution in [1.82, 2.24) is 10.3 Å². The van der Waals surface area contributed by atoms with Crippen molar-refractivity contribution in [2.24, 2.45) is 0 Å². The summed E-state index contributed by atoms with van der Waals surface area (Å²) in [5.41, 5.74) is -2.02. The zero-order valence-corrected chi connectivity index (χ0v) is 21.0. The van der Waals surface area contributed by atoms with Crippen molar-refractivity contribution in [2.45, 2.75) is 102 Å². The first kappa shape index (κ1) is 28.5. The summed E-state index contributed by atoms with van der Waals surface area (Å²) in [4.78, 5) is 27.8. The lowest BCUT2D eigenvalue weighted by Gasteiger charge is -2.18. The summed E-state index contributed by atoms with van der Waals surface area (Å²) in [7, 11) is 0. The molecule has 2 aromatic rings. The second-order valence-corrected chi connectivity index (χ2v) is 9.71. The largest absolute Gasteiger partial charge is 0.505 e. The maximum Gasteiger partial charge on any atom is 0.416 e. The van der Waals surface area contributed by atoms with Gasteiger partial charge in [-0.3, -0.25) is 9.59 Å². The van der Waals surface area contributed by atoms with Gasteiger partial charge in [0, 0.05) is 6.04 Å². The first-order valence-electron chi connectivity index (χ1n) is 13.2. The topological polar surface area (TPSA) is 104 Å². The van der Waals surface area contributed by atoms with E-state index in [1.165, 1.54) is 51.4 Å². The average Bonchev–Trinajstić information content (AvgIpc) is 3.34. The summed E-state index contributed by atoms with van der Waals surface area (Å²) in [5, 5.41) is 15.4. The monoisotopic (exact) mass is 523 g/mol. The summed E-state index contributed by atoms with van der Waals surface area (Å²) >= 11 is 0. The van der Waals surface area contributed by atoms with Crippen molar-refractivity contribution in [3.05, 3.63) is 29.7 Å². The Morgan fingerprint density at radius 2 is 1.49 bits per heavy atom. The number of benzene rings is 1. The van der Waals surface area contributed by atoms with Gasteiger partial charge in [0.05, 0.1) is 16.8 Å². The van der Waals surface area contributed by atoms with Gasteiger partial charge in [0.2, 0.25) is 12.3 Å². The van der Waals surface area contributed by atoms with Crippen molar-refractivity contribution < 1.29 is 32.3 Å². The Balaban J connectivity index is 1.71. The van der Waals surface area contributed by atoms with Crippen LogP contribution in [-0.4, -0.2) is 28.4 Å². The number of halogens is 3. The number of amides is 2. The minimum absolute atomic E-state index is 0.0249. The lowest BCUT2D eigenvalue weighted by atomic mass is 10.0. The van der Waals surface area contributed by atoms with Crippen LogP contribution >= 0.6 is 0 Å². The fourth-order valence-corrected chi connectivity index (χ4v) is 4.73. The molecule has 1 aromatic carbocycles. The van der Waals surface area contributed by atoms with Crippen LogP contribution in [0.15, 0.2) is 22.8 Å². The molecule has 0 bridgehead atoms. The van der Waals surface area contributed by atoms with Gasteiger partial charge in [-0.05, 0) is 25.0 Å². The molecule has 3 rings (SSSR count). The normalized spacial score (nSPS) is 17.4. The predicted octanol–water partition coefficient (Wildman–Crippen LogP) is 7.21. The summed E-state index contributed by atoms with van der Waals surface area (Å²) in [6.07, 6.45) is 12.5. The van der Waals surface area contributed by atoms with Gasteiger partial charge in [-0.25, -0.2) is 4.98 Å². The number of alkyl halides is 3. The van der Waals surface area contributed by atoms with E-state index in [4.69, 9.17) is 4.42 Å². The Labute approximate surface area is 215 Å². The molecule has 1 aliphatic rings. The Bertz CT molecular complexity index is 1010. The lowest BCUT2D eigenvalue weighted by Crippen LogP contribution is -2.35. The van der Waals surface area contributed by atoms with Crippen LogP contribution < -0.4 is 10.6 Å². The molecule has 204 valence electrons. The van der Waals surface area contributed by atoms with Crippen molar-refractivity contribution in [2.75, 3.05) is 5.32 Å². The Morgan fingerprint density at radius 3 is 2.00 bits per heavy atom. The molecule has 3 N–H and O–H groups in total. The van der Waals surface area contributed by atoms with Crippen LogP contribution in [0.5, 0.6) is 5.75 Å². The van der Waals surface area contributed by atoms with Gasteiger partial charge in [0.15, 0.2) is 11.4 Å². The molecule has 0 unspecified atom stereocenters. The number of phenols is 1. The van der Waals surface area contributed by atoms with E-state index in [0.29, 0.717) is 12.1 Å². The number of oxazole rings is 1. The first-order chi connectivity index (χ1) is 17.8. The van der Waals surface area contributed by atoms with E-state index in [2.05, 4.69) is 10.3 Å². The zero-order chi connectivity index (χ0) is 26.7. The zero-order valence-electron chi connectivity index (χ0n) is 21.0. The van der Waals surface area contributed by atoms with Crippen molar-refractivity contribution in [3.63, 3.8) is 0 Å². The van der Waals surface area contributed by atoms with Crippen LogP contribution in [0.1, 0.15) is 106 Å². The third-order valence-electron chi connectivity index (χ3n) is 6.81. The third kappa shape index (κ3) is 8.79. The number of anilines is 1. The molecule has 2 amide bonds. The van der Waals surface area contributed by atoms with Gasteiger partial charge in [0.1, 0.15) is 6.26 Å². The first-order valence-corrected chi connectivity index (χ1v) is 13.2. The second-order valence-electron chi connectivity index (χ2n) is 9.71. The molecule has 7 nitrogen and oxygen atoms in total. The highest BCUT2D eigenvalue weighted by molar-refractivity contribution is 5.93. The summed E-state index contributed by atoms with van der Waals surface area (Å²) in [6, 6.07) is 1.25. The number of nitrogens with one attached hydrogen (secondary N) is 2. The number of phenolic OH excluding ortho intramolecular Hbond substituents is 1. The molecule has 0 atom stereocenters. The predicted molar refractivity (Wildman–Crippen MR) is 134 cm³/mol. The molecule has 1 fully saturated rings. The van der Waals surface area contributed by atoms with Crippen LogP contribution in [0.2, 0.25) is 0 Å². The lowest BCUT2D eigenvalue weighted by molar-refractivity contribution is -0.137. The second kappa shape index (κ2) is 14.0. The Kier molecular flexibility index (Phi) is 10.8. The number of carbonyl (C=O) groups excluding carboxylic acids is 2. The number of nitrogens with zero attached hydrogens (tertiary/aromatic N) is 1. The smallest absolute Gasteiger partial charge is 0.416 e. The van der Waals surface area contributed by atoms with E-state index < -0.39 is 29.1 Å². The molecule has 1 aliphatic carbocycles. The quantitative estimate of drug-likeness (QED) is 0.284. The molecule has 1 saturated carbocycles. The van der Waals surface area contributed by atoms with E-state index in [-0.39, 0.29) is 29.6 Å². The molecule has 0 saturated heterocycles. The average molecular weight is 524 g/mol. The minimum atomic E-state index is -4.74. The van der Waals surface area contributed by atoms with E-state index >= 15 is 0 Å². The molecule has 10 heteroatoms. The summed E-state index contributed by atoms with van der Waals surface area (Å²) in [6.45, 7) is 0. The van der Waals surface area contributed by atoms with Crippen LogP contribution in [0, 0.1) is 0 Å². The molecule has 37 heavy (non-hydrogen) atoms. The minimum Gasteiger partial charge on any atom is -0.505 e. The van der Waals surface area contributed by atoms with Gasteiger partial charge < -0.3 is 20.2 Å². The van der Waals surface area contributed by atoms with E-state index in [0.717, 1.165) is 44.8 Å². The maximum absolute atomic E-state index is 13.3. The van der Waals surface area contributed by atoms with Crippen molar-refractivity contribution in [3.8, 4) is 17.2 Å². The van der Waals surface area contributed by atoms with Crippen LogP contribution in [0.4, 0.5) is 18.9 Å².